The van der Waals surface area contributed by atoms with Crippen LogP contribution in [0.2, 0.25) is 20.2 Å². The van der Waals surface area contributed by atoms with E-state index in [1.165, 1.54) is 4.68 Å². The number of nitrogens with one attached hydrogen (secondary N) is 1. The van der Waals surface area contributed by atoms with Crippen LogP contribution in [0.25, 0.3) is 5.82 Å². The van der Waals surface area contributed by atoms with E-state index >= 15 is 0 Å². The zero-order valence-corrected chi connectivity index (χ0v) is 14.7. The van der Waals surface area contributed by atoms with Gasteiger partial charge in [0.15, 0.2) is 5.82 Å². The highest BCUT2D eigenvalue weighted by molar-refractivity contribution is 6.52. The first-order valence-electron chi connectivity index (χ1n) is 6.45. The average Bonchev–Trinajstić information content (AvgIpc) is 3.11. The van der Waals surface area contributed by atoms with Gasteiger partial charge in [0.05, 0.1) is 20.8 Å². The van der Waals surface area contributed by atoms with Crippen LogP contribution in [0.1, 0.15) is 10.5 Å². The van der Waals surface area contributed by atoms with Gasteiger partial charge in [0, 0.05) is 18.6 Å². The second-order valence-corrected chi connectivity index (χ2v) is 5.96. The molecular weight excluding hydrogens is 396 g/mol. The molecule has 3 heterocycles. The van der Waals surface area contributed by atoms with Gasteiger partial charge >= 0.3 is 0 Å². The molecule has 0 fully saturated rings. The normalized spacial score (nSPS) is 10.7. The van der Waals surface area contributed by atoms with E-state index in [2.05, 4.69) is 20.4 Å². The number of pyridine rings is 2. The van der Waals surface area contributed by atoms with E-state index in [4.69, 9.17) is 46.4 Å². The van der Waals surface area contributed by atoms with Gasteiger partial charge in [-0.25, -0.2) is 14.6 Å². The first-order valence-corrected chi connectivity index (χ1v) is 7.96. The second-order valence-electron chi connectivity index (χ2n) is 4.47. The van der Waals surface area contributed by atoms with Crippen LogP contribution < -0.4 is 5.32 Å². The lowest BCUT2D eigenvalue weighted by Crippen LogP contribution is -2.17. The molecule has 0 unspecified atom stereocenters. The lowest BCUT2D eigenvalue weighted by molar-refractivity contribution is 0.102. The summed E-state index contributed by atoms with van der Waals surface area (Å²) in [7, 11) is 0. The van der Waals surface area contributed by atoms with Gasteiger partial charge < -0.3 is 5.32 Å². The Morgan fingerprint density at radius 3 is 2.54 bits per heavy atom. The summed E-state index contributed by atoms with van der Waals surface area (Å²) >= 11 is 23.7. The number of rotatable bonds is 3. The van der Waals surface area contributed by atoms with E-state index < -0.39 is 5.91 Å². The van der Waals surface area contributed by atoms with Crippen molar-refractivity contribution in [2.75, 3.05) is 5.32 Å². The van der Waals surface area contributed by atoms with Crippen LogP contribution in [-0.4, -0.2) is 25.7 Å². The molecule has 6 nitrogen and oxygen atoms in total. The molecule has 10 heteroatoms. The molecule has 0 radical (unpaired) electrons. The minimum Gasteiger partial charge on any atom is -0.317 e. The summed E-state index contributed by atoms with van der Waals surface area (Å²) in [6.45, 7) is 0. The third kappa shape index (κ3) is 3.18. The molecule has 122 valence electrons. The van der Waals surface area contributed by atoms with Crippen molar-refractivity contribution in [3.05, 3.63) is 62.7 Å². The van der Waals surface area contributed by atoms with Crippen LogP contribution >= 0.6 is 46.4 Å². The molecule has 1 N–H and O–H groups in total. The first-order chi connectivity index (χ1) is 11.5. The van der Waals surface area contributed by atoms with Gasteiger partial charge in [-0.15, -0.1) is 0 Å². The summed E-state index contributed by atoms with van der Waals surface area (Å²) in [6.07, 6.45) is 4.87. The lowest BCUT2D eigenvalue weighted by Gasteiger charge is -2.11. The largest absolute Gasteiger partial charge is 0.317 e. The van der Waals surface area contributed by atoms with Crippen molar-refractivity contribution in [1.82, 2.24) is 19.7 Å². The lowest BCUT2D eigenvalue weighted by atomic mass is 10.3. The van der Waals surface area contributed by atoms with E-state index in [0.29, 0.717) is 11.5 Å². The van der Waals surface area contributed by atoms with Crippen LogP contribution in [0.5, 0.6) is 0 Å². The van der Waals surface area contributed by atoms with Crippen molar-refractivity contribution in [2.24, 2.45) is 0 Å². The third-order valence-electron chi connectivity index (χ3n) is 2.96. The van der Waals surface area contributed by atoms with Crippen LogP contribution in [-0.2, 0) is 0 Å². The maximum Gasteiger partial charge on any atom is 0.276 e. The highest BCUT2D eigenvalue weighted by Crippen LogP contribution is 2.36. The summed E-state index contributed by atoms with van der Waals surface area (Å²) in [6, 6.07) is 5.06. The number of carbonyl (C=O) groups excluding carboxylic acids is 1. The van der Waals surface area contributed by atoms with E-state index in [0.717, 1.165) is 0 Å². The molecule has 0 aliphatic carbocycles. The van der Waals surface area contributed by atoms with E-state index in [1.807, 2.05) is 0 Å². The van der Waals surface area contributed by atoms with Crippen molar-refractivity contribution in [1.29, 1.82) is 0 Å². The predicted octanol–water partition coefficient (Wildman–Crippen LogP) is 4.53. The molecule has 0 aliphatic heterocycles. The van der Waals surface area contributed by atoms with Crippen molar-refractivity contribution in [3.63, 3.8) is 0 Å². The van der Waals surface area contributed by atoms with Crippen LogP contribution in [0.15, 0.2) is 36.8 Å². The van der Waals surface area contributed by atoms with Crippen molar-refractivity contribution >= 4 is 58.0 Å². The zero-order chi connectivity index (χ0) is 17.3. The molecule has 0 saturated heterocycles. The van der Waals surface area contributed by atoms with Crippen LogP contribution in [0, 0.1) is 0 Å². The fraction of sp³-hybridized carbons (Fsp3) is 0. The summed E-state index contributed by atoms with van der Waals surface area (Å²) < 4.78 is 1.51. The van der Waals surface area contributed by atoms with Crippen molar-refractivity contribution in [3.8, 4) is 5.82 Å². The SMILES string of the molecule is O=C(Nc1cccnc1-n1cccn1)c1nc(Cl)c(Cl)c(Cl)c1Cl. The van der Waals surface area contributed by atoms with E-state index in [9.17, 15) is 4.79 Å². The highest BCUT2D eigenvalue weighted by Gasteiger charge is 2.21. The molecule has 1 amide bonds. The molecule has 3 aromatic heterocycles. The quantitative estimate of drug-likeness (QED) is 0.653. The standard InChI is InChI=1S/C14H7Cl4N5O/c15-8-9(16)11(22-12(18)10(8)17)14(24)21-7-3-1-4-19-13(7)23-6-2-5-20-23/h1-6H,(H,21,24). The highest BCUT2D eigenvalue weighted by atomic mass is 35.5. The van der Waals surface area contributed by atoms with E-state index in [-0.39, 0.29) is 25.9 Å². The second kappa shape index (κ2) is 6.94. The van der Waals surface area contributed by atoms with Crippen molar-refractivity contribution < 1.29 is 4.79 Å². The molecule has 0 saturated carbocycles. The molecule has 0 atom stereocenters. The number of anilines is 1. The molecule has 3 rings (SSSR count). The minimum absolute atomic E-state index is 0.0153. The Balaban J connectivity index is 1.98. The van der Waals surface area contributed by atoms with Crippen LogP contribution in [0.4, 0.5) is 5.69 Å². The van der Waals surface area contributed by atoms with Gasteiger partial charge in [0.2, 0.25) is 0 Å². The number of amides is 1. The molecule has 24 heavy (non-hydrogen) atoms. The Hall–Kier alpha value is -1.86. The van der Waals surface area contributed by atoms with Gasteiger partial charge in [-0.3, -0.25) is 4.79 Å². The molecule has 0 spiro atoms. The summed E-state index contributed by atoms with van der Waals surface area (Å²) in [4.78, 5) is 20.6. The maximum absolute atomic E-state index is 12.5. The number of halogens is 4. The molecule has 0 aliphatic rings. The van der Waals surface area contributed by atoms with Gasteiger partial charge in [0.1, 0.15) is 10.8 Å². The Labute approximate surface area is 156 Å². The Kier molecular flexibility index (Phi) is 4.91. The Bertz CT molecular complexity index is 914. The fourth-order valence-corrected chi connectivity index (χ4v) is 2.70. The van der Waals surface area contributed by atoms with Gasteiger partial charge in [0.25, 0.3) is 5.91 Å². The number of aromatic nitrogens is 4. The van der Waals surface area contributed by atoms with Gasteiger partial charge in [-0.1, -0.05) is 46.4 Å². The minimum atomic E-state index is -0.609. The topological polar surface area (TPSA) is 72.7 Å². The Morgan fingerprint density at radius 1 is 1.04 bits per heavy atom. The van der Waals surface area contributed by atoms with E-state index in [1.54, 1.807) is 36.8 Å². The molecule has 0 aromatic carbocycles. The number of hydrogen-bond donors (Lipinski definition) is 1. The smallest absolute Gasteiger partial charge is 0.276 e. The maximum atomic E-state index is 12.5. The van der Waals surface area contributed by atoms with Gasteiger partial charge in [-0.2, -0.15) is 5.10 Å². The van der Waals surface area contributed by atoms with Gasteiger partial charge in [-0.05, 0) is 18.2 Å². The molecule has 0 bridgehead atoms. The fourth-order valence-electron chi connectivity index (χ4n) is 1.89. The molecular formula is C14H7Cl4N5O. The number of nitrogens with zero attached hydrogens (tertiary/aromatic N) is 4. The number of hydrogen-bond acceptors (Lipinski definition) is 4. The first kappa shape index (κ1) is 17.0. The summed E-state index contributed by atoms with van der Waals surface area (Å²) in [5.74, 6) is -0.181. The molecule has 3 aromatic rings. The zero-order valence-electron chi connectivity index (χ0n) is 11.7. The summed E-state index contributed by atoms with van der Waals surface area (Å²) in [5, 5.41) is 6.49. The number of carbonyl (C=O) groups is 1. The average molecular weight is 403 g/mol. The summed E-state index contributed by atoms with van der Waals surface area (Å²) in [5.41, 5.74) is 0.262. The third-order valence-corrected chi connectivity index (χ3v) is 4.63. The van der Waals surface area contributed by atoms with Crippen LogP contribution in [0.3, 0.4) is 0 Å². The van der Waals surface area contributed by atoms with Crippen molar-refractivity contribution in [2.45, 2.75) is 0 Å². The monoisotopic (exact) mass is 401 g/mol. The Morgan fingerprint density at radius 2 is 1.83 bits per heavy atom. The predicted molar refractivity (Wildman–Crippen MR) is 93.6 cm³/mol.